The number of benzene rings is 1. The summed E-state index contributed by atoms with van der Waals surface area (Å²) in [6.45, 7) is 13.0. The summed E-state index contributed by atoms with van der Waals surface area (Å²) in [5, 5.41) is 3.11. The van der Waals surface area contributed by atoms with E-state index in [0.717, 1.165) is 38.5 Å². The van der Waals surface area contributed by atoms with Crippen LogP contribution in [-0.4, -0.2) is 25.0 Å². The van der Waals surface area contributed by atoms with Gasteiger partial charge in [0.1, 0.15) is 6.04 Å². The van der Waals surface area contributed by atoms with E-state index in [0.29, 0.717) is 5.92 Å². The second kappa shape index (κ2) is 8.96. The minimum Gasteiger partial charge on any atom is -0.467 e. The van der Waals surface area contributed by atoms with Gasteiger partial charge in [-0.3, -0.25) is 4.79 Å². The van der Waals surface area contributed by atoms with E-state index < -0.39 is 11.5 Å². The van der Waals surface area contributed by atoms with Crippen molar-refractivity contribution in [1.82, 2.24) is 5.32 Å². The predicted octanol–water partition coefficient (Wildman–Crippen LogP) is 5.52. The molecule has 0 saturated heterocycles. The Hall–Kier alpha value is -1.84. The highest BCUT2D eigenvalue weighted by molar-refractivity contribution is 5.88. The molecule has 172 valence electrons. The van der Waals surface area contributed by atoms with Crippen molar-refractivity contribution < 1.29 is 14.3 Å². The largest absolute Gasteiger partial charge is 0.467 e. The lowest BCUT2D eigenvalue weighted by atomic mass is 9.49. The van der Waals surface area contributed by atoms with Gasteiger partial charge in [0.25, 0.3) is 0 Å². The van der Waals surface area contributed by atoms with Gasteiger partial charge in [-0.1, -0.05) is 72.6 Å². The fraction of sp³-hybridized carbons (Fsp3) is 0.704. The van der Waals surface area contributed by atoms with Gasteiger partial charge in [0.2, 0.25) is 5.91 Å². The van der Waals surface area contributed by atoms with Crippen LogP contribution in [0, 0.1) is 17.3 Å². The van der Waals surface area contributed by atoms with Crippen molar-refractivity contribution in [3.05, 3.63) is 34.9 Å². The number of nitrogens with one attached hydrogen (secondary N) is 1. The molecular weight excluding hydrogens is 386 g/mol. The van der Waals surface area contributed by atoms with Gasteiger partial charge in [0, 0.05) is 0 Å². The van der Waals surface area contributed by atoms with Crippen molar-refractivity contribution in [3.8, 4) is 0 Å². The number of ether oxygens (including phenoxy) is 1. The highest BCUT2D eigenvalue weighted by Gasteiger charge is 2.55. The lowest BCUT2D eigenvalue weighted by Gasteiger charge is -2.54. The highest BCUT2D eigenvalue weighted by atomic mass is 16.5. The number of methoxy groups -OCH3 is 1. The number of rotatable bonds is 6. The standard InChI is InChI=1S/C27H41NO3/c1-8-18(4)23(24(29)31-7)28-25(30)27(6)15-9-14-26(5)21-12-10-19(17(2)3)16-20(21)11-13-22(26)27/h10,12,16-18,22-23H,8-9,11,13-15H2,1-7H3,(H,28,30)/t18?,22-,23+,26-,27-/m1/s1. The molecule has 1 fully saturated rings. The number of fused-ring (bicyclic) bond motifs is 3. The highest BCUT2D eigenvalue weighted by Crippen LogP contribution is 2.57. The zero-order valence-electron chi connectivity index (χ0n) is 20.5. The minimum atomic E-state index is -0.586. The minimum absolute atomic E-state index is 0.00936. The first kappa shape index (κ1) is 23.8. The monoisotopic (exact) mass is 427 g/mol. The molecule has 4 heteroatoms. The Morgan fingerprint density at radius 1 is 1.19 bits per heavy atom. The van der Waals surface area contributed by atoms with Crippen molar-refractivity contribution in [2.75, 3.05) is 7.11 Å². The summed E-state index contributed by atoms with van der Waals surface area (Å²) in [4.78, 5) is 26.1. The van der Waals surface area contributed by atoms with Crippen LogP contribution in [0.3, 0.4) is 0 Å². The molecule has 1 saturated carbocycles. The van der Waals surface area contributed by atoms with E-state index in [-0.39, 0.29) is 29.1 Å². The number of hydrogen-bond acceptors (Lipinski definition) is 3. The lowest BCUT2D eigenvalue weighted by molar-refractivity contribution is -0.150. The van der Waals surface area contributed by atoms with E-state index in [4.69, 9.17) is 4.74 Å². The van der Waals surface area contributed by atoms with Crippen molar-refractivity contribution in [1.29, 1.82) is 0 Å². The molecular formula is C27H41NO3. The molecule has 2 aliphatic rings. The SMILES string of the molecule is CCC(C)[C@H](NC(=O)[C@]1(C)CCC[C@]2(C)c3ccc(C(C)C)cc3CC[C@@H]12)C(=O)OC. The molecule has 5 atom stereocenters. The van der Waals surface area contributed by atoms with Crippen LogP contribution in [-0.2, 0) is 26.2 Å². The van der Waals surface area contributed by atoms with Gasteiger partial charge < -0.3 is 10.1 Å². The van der Waals surface area contributed by atoms with Crippen LogP contribution in [0.2, 0.25) is 0 Å². The first-order valence-electron chi connectivity index (χ1n) is 12.1. The molecule has 0 radical (unpaired) electrons. The van der Waals surface area contributed by atoms with E-state index in [1.165, 1.54) is 23.8 Å². The second-order valence-corrected chi connectivity index (χ2v) is 10.7. The number of aryl methyl sites for hydroxylation is 1. The fourth-order valence-electron chi connectivity index (χ4n) is 6.24. The maximum absolute atomic E-state index is 13.7. The molecule has 1 aromatic rings. The van der Waals surface area contributed by atoms with Crippen LogP contribution in [0.4, 0.5) is 0 Å². The van der Waals surface area contributed by atoms with Crippen molar-refractivity contribution >= 4 is 11.9 Å². The second-order valence-electron chi connectivity index (χ2n) is 10.7. The first-order valence-corrected chi connectivity index (χ1v) is 12.1. The van der Waals surface area contributed by atoms with Crippen LogP contribution < -0.4 is 5.32 Å². The van der Waals surface area contributed by atoms with Crippen LogP contribution in [0.1, 0.15) is 96.3 Å². The number of hydrogen-bond donors (Lipinski definition) is 1. The summed E-state index contributed by atoms with van der Waals surface area (Å²) in [6, 6.07) is 6.41. The summed E-state index contributed by atoms with van der Waals surface area (Å²) >= 11 is 0. The molecule has 0 spiro atoms. The molecule has 0 aromatic heterocycles. The van der Waals surface area contributed by atoms with Crippen molar-refractivity contribution in [2.45, 2.75) is 97.4 Å². The summed E-state index contributed by atoms with van der Waals surface area (Å²) in [6.07, 6.45) is 5.84. The third-order valence-corrected chi connectivity index (χ3v) is 8.52. The normalized spacial score (nSPS) is 29.5. The summed E-state index contributed by atoms with van der Waals surface area (Å²) in [5.74, 6) is 0.494. The quantitative estimate of drug-likeness (QED) is 0.608. The Balaban J connectivity index is 1.92. The third kappa shape index (κ3) is 4.15. The first-order chi connectivity index (χ1) is 14.6. The number of carbonyl (C=O) groups excluding carboxylic acids is 2. The van der Waals surface area contributed by atoms with E-state index in [9.17, 15) is 9.59 Å². The lowest BCUT2D eigenvalue weighted by Crippen LogP contribution is -2.58. The van der Waals surface area contributed by atoms with Gasteiger partial charge >= 0.3 is 5.97 Å². The Kier molecular flexibility index (Phi) is 6.88. The molecule has 1 aromatic carbocycles. The molecule has 2 aliphatic carbocycles. The zero-order valence-corrected chi connectivity index (χ0v) is 20.5. The van der Waals surface area contributed by atoms with Gasteiger partial charge in [-0.25, -0.2) is 4.79 Å². The average Bonchev–Trinajstić information content (AvgIpc) is 2.75. The molecule has 0 bridgehead atoms. The Morgan fingerprint density at radius 3 is 2.52 bits per heavy atom. The van der Waals surface area contributed by atoms with E-state index >= 15 is 0 Å². The maximum Gasteiger partial charge on any atom is 0.328 e. The molecule has 1 unspecified atom stereocenters. The van der Waals surface area contributed by atoms with Crippen molar-refractivity contribution in [3.63, 3.8) is 0 Å². The summed E-state index contributed by atoms with van der Waals surface area (Å²) in [7, 11) is 1.40. The van der Waals surface area contributed by atoms with Crippen LogP contribution in [0.25, 0.3) is 0 Å². The van der Waals surface area contributed by atoms with Gasteiger partial charge in [0.05, 0.1) is 12.5 Å². The number of esters is 1. The van der Waals surface area contributed by atoms with Crippen LogP contribution in [0.15, 0.2) is 18.2 Å². The molecule has 1 N–H and O–H groups in total. The Bertz CT molecular complexity index is 832. The molecule has 3 rings (SSSR count). The number of carbonyl (C=O) groups is 2. The predicted molar refractivity (Wildman–Crippen MR) is 125 cm³/mol. The van der Waals surface area contributed by atoms with Crippen LogP contribution >= 0.6 is 0 Å². The summed E-state index contributed by atoms with van der Waals surface area (Å²) < 4.78 is 5.01. The third-order valence-electron chi connectivity index (χ3n) is 8.52. The zero-order chi connectivity index (χ0) is 23.0. The van der Waals surface area contributed by atoms with Gasteiger partial charge in [-0.05, 0) is 65.5 Å². The van der Waals surface area contributed by atoms with E-state index in [1.807, 2.05) is 13.8 Å². The molecule has 0 heterocycles. The molecule has 31 heavy (non-hydrogen) atoms. The molecule has 0 aliphatic heterocycles. The van der Waals surface area contributed by atoms with E-state index in [2.05, 4.69) is 51.2 Å². The van der Waals surface area contributed by atoms with Crippen LogP contribution in [0.5, 0.6) is 0 Å². The smallest absolute Gasteiger partial charge is 0.328 e. The van der Waals surface area contributed by atoms with Gasteiger partial charge in [0.15, 0.2) is 0 Å². The summed E-state index contributed by atoms with van der Waals surface area (Å²) in [5.41, 5.74) is 3.79. The van der Waals surface area contributed by atoms with Crippen molar-refractivity contribution in [2.24, 2.45) is 17.3 Å². The van der Waals surface area contributed by atoms with Gasteiger partial charge in [-0.2, -0.15) is 0 Å². The molecule has 1 amide bonds. The Labute approximate surface area is 188 Å². The Morgan fingerprint density at radius 2 is 1.90 bits per heavy atom. The topological polar surface area (TPSA) is 55.4 Å². The van der Waals surface area contributed by atoms with Gasteiger partial charge in [-0.15, -0.1) is 0 Å². The maximum atomic E-state index is 13.7. The molecule has 4 nitrogen and oxygen atoms in total. The van der Waals surface area contributed by atoms with E-state index in [1.54, 1.807) is 0 Å². The average molecular weight is 428 g/mol. The number of amides is 1. The fourth-order valence-corrected chi connectivity index (χ4v) is 6.24.